The lowest BCUT2D eigenvalue weighted by Crippen LogP contribution is -2.27. The van der Waals surface area contributed by atoms with Crippen molar-refractivity contribution >= 4 is 23.2 Å². The second kappa shape index (κ2) is 6.57. The molecule has 1 aliphatic carbocycles. The van der Waals surface area contributed by atoms with Crippen LogP contribution in [0.3, 0.4) is 0 Å². The van der Waals surface area contributed by atoms with E-state index in [-0.39, 0.29) is 17.6 Å². The number of nitrogens with one attached hydrogen (secondary N) is 1. The minimum atomic E-state index is -0.486. The SMILES string of the molecule is CC(=O)NC(c1ccc(-c2ccc([N+](=O)[O-])cn2)cc1Cl)C1CC1. The van der Waals surface area contributed by atoms with Crippen LogP contribution in [0.1, 0.15) is 31.4 Å². The molecule has 0 saturated heterocycles. The van der Waals surface area contributed by atoms with Crippen LogP contribution in [-0.2, 0) is 4.79 Å². The number of hydrogen-bond donors (Lipinski definition) is 1. The molecule has 0 bridgehead atoms. The lowest BCUT2D eigenvalue weighted by Gasteiger charge is -2.19. The van der Waals surface area contributed by atoms with Gasteiger partial charge in [-0.2, -0.15) is 0 Å². The molecule has 1 saturated carbocycles. The quantitative estimate of drug-likeness (QED) is 0.657. The monoisotopic (exact) mass is 345 g/mol. The van der Waals surface area contributed by atoms with Crippen molar-refractivity contribution in [3.05, 3.63) is 57.2 Å². The van der Waals surface area contributed by atoms with E-state index in [2.05, 4.69) is 10.3 Å². The van der Waals surface area contributed by atoms with Gasteiger partial charge < -0.3 is 5.32 Å². The topological polar surface area (TPSA) is 85.1 Å². The maximum atomic E-state index is 11.4. The minimum Gasteiger partial charge on any atom is -0.349 e. The molecule has 0 spiro atoms. The molecule has 0 aliphatic heterocycles. The Hall–Kier alpha value is -2.47. The normalized spacial score (nSPS) is 14.9. The summed E-state index contributed by atoms with van der Waals surface area (Å²) in [6.45, 7) is 1.50. The molecule has 7 heteroatoms. The molecule has 3 rings (SSSR count). The maximum Gasteiger partial charge on any atom is 0.287 e. The van der Waals surface area contributed by atoms with Crippen molar-refractivity contribution in [2.45, 2.75) is 25.8 Å². The van der Waals surface area contributed by atoms with Gasteiger partial charge in [0.2, 0.25) is 5.91 Å². The first-order chi connectivity index (χ1) is 11.5. The predicted octanol–water partition coefficient (Wildman–Crippen LogP) is 3.90. The smallest absolute Gasteiger partial charge is 0.287 e. The molecule has 1 unspecified atom stereocenters. The summed E-state index contributed by atoms with van der Waals surface area (Å²) in [6.07, 6.45) is 3.38. The molecule has 1 aromatic heterocycles. The van der Waals surface area contributed by atoms with Gasteiger partial charge in [-0.1, -0.05) is 23.7 Å². The van der Waals surface area contributed by atoms with Crippen LogP contribution in [0, 0.1) is 16.0 Å². The number of amides is 1. The molecule has 1 amide bonds. The third-order valence-electron chi connectivity index (χ3n) is 4.04. The Bertz CT molecular complexity index is 788. The number of nitrogens with zero attached hydrogens (tertiary/aromatic N) is 2. The maximum absolute atomic E-state index is 11.4. The standard InChI is InChI=1S/C17H16ClN3O3/c1-10(22)20-17(11-2-3-11)14-6-4-12(8-15(14)18)16-7-5-13(9-19-16)21(23)24/h4-9,11,17H,2-3H2,1H3,(H,20,22). The number of carbonyl (C=O) groups excluding carboxylic acids is 1. The van der Waals surface area contributed by atoms with Crippen molar-refractivity contribution in [1.82, 2.24) is 10.3 Å². The van der Waals surface area contributed by atoms with Crippen LogP contribution in [0.15, 0.2) is 36.5 Å². The predicted molar refractivity (Wildman–Crippen MR) is 90.6 cm³/mol. The van der Waals surface area contributed by atoms with Gasteiger partial charge >= 0.3 is 0 Å². The van der Waals surface area contributed by atoms with E-state index in [1.165, 1.54) is 19.2 Å². The van der Waals surface area contributed by atoms with E-state index in [4.69, 9.17) is 11.6 Å². The van der Waals surface area contributed by atoms with Crippen LogP contribution in [0.2, 0.25) is 5.02 Å². The third-order valence-corrected chi connectivity index (χ3v) is 4.37. The van der Waals surface area contributed by atoms with Gasteiger partial charge in [0.1, 0.15) is 6.20 Å². The zero-order valence-electron chi connectivity index (χ0n) is 13.0. The first-order valence-electron chi connectivity index (χ1n) is 7.63. The average molecular weight is 346 g/mol. The molecule has 124 valence electrons. The molecular formula is C17H16ClN3O3. The van der Waals surface area contributed by atoms with Crippen molar-refractivity contribution in [2.24, 2.45) is 5.92 Å². The van der Waals surface area contributed by atoms with Crippen molar-refractivity contribution in [1.29, 1.82) is 0 Å². The molecule has 24 heavy (non-hydrogen) atoms. The van der Waals surface area contributed by atoms with Gasteiger partial charge in [0.15, 0.2) is 0 Å². The van der Waals surface area contributed by atoms with E-state index in [0.29, 0.717) is 16.6 Å². The van der Waals surface area contributed by atoms with Gasteiger partial charge in [-0.15, -0.1) is 0 Å². The number of aromatic nitrogens is 1. The van der Waals surface area contributed by atoms with Crippen LogP contribution in [-0.4, -0.2) is 15.8 Å². The number of pyridine rings is 1. The fourth-order valence-corrected chi connectivity index (χ4v) is 3.00. The van der Waals surface area contributed by atoms with Gasteiger partial charge in [-0.3, -0.25) is 14.9 Å². The zero-order valence-corrected chi connectivity index (χ0v) is 13.8. The zero-order chi connectivity index (χ0) is 17.3. The fourth-order valence-electron chi connectivity index (χ4n) is 2.70. The summed E-state index contributed by atoms with van der Waals surface area (Å²) in [5.41, 5.74) is 2.22. The Morgan fingerprint density at radius 2 is 2.12 bits per heavy atom. The van der Waals surface area contributed by atoms with E-state index in [0.717, 1.165) is 24.0 Å². The number of hydrogen-bond acceptors (Lipinski definition) is 4. The molecule has 1 aromatic carbocycles. The number of benzene rings is 1. The molecule has 6 nitrogen and oxygen atoms in total. The van der Waals surface area contributed by atoms with Crippen molar-refractivity contribution in [3.63, 3.8) is 0 Å². The lowest BCUT2D eigenvalue weighted by molar-refractivity contribution is -0.385. The van der Waals surface area contributed by atoms with Crippen LogP contribution >= 0.6 is 11.6 Å². The Balaban J connectivity index is 1.88. The van der Waals surface area contributed by atoms with Gasteiger partial charge in [0, 0.05) is 23.6 Å². The first-order valence-corrected chi connectivity index (χ1v) is 8.01. The molecule has 1 N–H and O–H groups in total. The molecule has 0 radical (unpaired) electrons. The van der Waals surface area contributed by atoms with Gasteiger partial charge in [-0.05, 0) is 36.5 Å². The summed E-state index contributed by atoms with van der Waals surface area (Å²) in [7, 11) is 0. The highest BCUT2D eigenvalue weighted by Crippen LogP contribution is 2.43. The number of rotatable bonds is 5. The third kappa shape index (κ3) is 3.54. The Morgan fingerprint density at radius 1 is 1.38 bits per heavy atom. The molecular weight excluding hydrogens is 330 g/mol. The second-order valence-corrected chi connectivity index (χ2v) is 6.32. The van der Waals surface area contributed by atoms with Crippen LogP contribution in [0.5, 0.6) is 0 Å². The summed E-state index contributed by atoms with van der Waals surface area (Å²) in [6, 6.07) is 8.47. The summed E-state index contributed by atoms with van der Waals surface area (Å²) in [4.78, 5) is 25.7. The summed E-state index contributed by atoms with van der Waals surface area (Å²) >= 11 is 6.42. The van der Waals surface area contributed by atoms with Crippen LogP contribution in [0.4, 0.5) is 5.69 Å². The van der Waals surface area contributed by atoms with Gasteiger partial charge in [0.25, 0.3) is 5.69 Å². The summed E-state index contributed by atoms with van der Waals surface area (Å²) in [5, 5.41) is 14.2. The number of halogens is 1. The highest BCUT2D eigenvalue weighted by Gasteiger charge is 2.34. The van der Waals surface area contributed by atoms with Crippen molar-refractivity contribution < 1.29 is 9.72 Å². The number of carbonyl (C=O) groups is 1. The second-order valence-electron chi connectivity index (χ2n) is 5.91. The van der Waals surface area contributed by atoms with Crippen molar-refractivity contribution in [2.75, 3.05) is 0 Å². The largest absolute Gasteiger partial charge is 0.349 e. The molecule has 1 aliphatic rings. The van der Waals surface area contributed by atoms with E-state index in [1.807, 2.05) is 12.1 Å². The van der Waals surface area contributed by atoms with Gasteiger partial charge in [0.05, 0.1) is 16.7 Å². The molecule has 1 heterocycles. The molecule has 1 fully saturated rings. The number of nitro groups is 1. The van der Waals surface area contributed by atoms with E-state index in [1.54, 1.807) is 12.1 Å². The van der Waals surface area contributed by atoms with E-state index < -0.39 is 4.92 Å². The van der Waals surface area contributed by atoms with Gasteiger partial charge in [-0.25, -0.2) is 4.98 Å². The summed E-state index contributed by atoms with van der Waals surface area (Å²) < 4.78 is 0. The Labute approximate surface area is 144 Å². The van der Waals surface area contributed by atoms with Crippen LogP contribution in [0.25, 0.3) is 11.3 Å². The molecule has 2 aromatic rings. The lowest BCUT2D eigenvalue weighted by atomic mass is 9.99. The molecule has 1 atom stereocenters. The van der Waals surface area contributed by atoms with E-state index in [9.17, 15) is 14.9 Å². The highest BCUT2D eigenvalue weighted by atomic mass is 35.5. The summed E-state index contributed by atoms with van der Waals surface area (Å²) in [5.74, 6) is 0.346. The Morgan fingerprint density at radius 3 is 2.62 bits per heavy atom. The van der Waals surface area contributed by atoms with Crippen molar-refractivity contribution in [3.8, 4) is 11.3 Å². The van der Waals surface area contributed by atoms with Crippen LogP contribution < -0.4 is 5.32 Å². The van der Waals surface area contributed by atoms with E-state index >= 15 is 0 Å². The average Bonchev–Trinajstić information content (AvgIpc) is 3.37. The highest BCUT2D eigenvalue weighted by molar-refractivity contribution is 6.31. The fraction of sp³-hybridized carbons (Fsp3) is 0.294. The Kier molecular flexibility index (Phi) is 4.49. The minimum absolute atomic E-state index is 0.0547. The first kappa shape index (κ1) is 16.4.